The first-order valence-electron chi connectivity index (χ1n) is 7.02. The Labute approximate surface area is 141 Å². The summed E-state index contributed by atoms with van der Waals surface area (Å²) in [7, 11) is -3.54. The third kappa shape index (κ3) is 4.24. The van der Waals surface area contributed by atoms with Crippen LogP contribution >= 0.6 is 0 Å². The number of allylic oxidation sites excluding steroid dienone is 3. The van der Waals surface area contributed by atoms with Crippen LogP contribution in [-0.2, 0) is 20.7 Å². The highest BCUT2D eigenvalue weighted by Gasteiger charge is 2.29. The second-order valence-corrected chi connectivity index (χ2v) is 8.91. The van der Waals surface area contributed by atoms with Gasteiger partial charge >= 0.3 is 0 Å². The van der Waals surface area contributed by atoms with Crippen LogP contribution in [0.15, 0.2) is 106 Å². The molecule has 0 bridgehead atoms. The smallest absolute Gasteiger partial charge is 0.175 e. The normalized spacial score (nSPS) is 13.3. The molecule has 0 aliphatic heterocycles. The predicted molar refractivity (Wildman–Crippen MR) is 98.4 cm³/mol. The molecule has 0 fully saturated rings. The van der Waals surface area contributed by atoms with Gasteiger partial charge in [0.1, 0.15) is 0 Å². The van der Waals surface area contributed by atoms with Crippen molar-refractivity contribution in [1.29, 1.82) is 0 Å². The summed E-state index contributed by atoms with van der Waals surface area (Å²) in [5.41, 5.74) is 0. The fraction of sp³-hybridized carbons (Fsp3) is 0.0526. The lowest BCUT2D eigenvalue weighted by Gasteiger charge is -2.08. The van der Waals surface area contributed by atoms with Gasteiger partial charge in [-0.3, -0.25) is 0 Å². The highest BCUT2D eigenvalue weighted by molar-refractivity contribution is 8.00. The largest absolute Gasteiger partial charge is 0.224 e. The first-order chi connectivity index (χ1) is 11.0. The Morgan fingerprint density at radius 1 is 0.957 bits per heavy atom. The van der Waals surface area contributed by atoms with E-state index in [2.05, 4.69) is 25.3 Å². The molecule has 2 rings (SSSR count). The minimum atomic E-state index is -3.19. The molecule has 2 aromatic carbocycles. The summed E-state index contributed by atoms with van der Waals surface area (Å²) in [5, 5.41) is 0. The molecule has 0 heterocycles. The maximum absolute atomic E-state index is 11.6. The Morgan fingerprint density at radius 3 is 2.00 bits per heavy atom. The van der Waals surface area contributed by atoms with Gasteiger partial charge in [0.2, 0.25) is 0 Å². The van der Waals surface area contributed by atoms with E-state index in [0.29, 0.717) is 4.90 Å². The molecule has 0 saturated carbocycles. The fourth-order valence-corrected chi connectivity index (χ4v) is 4.81. The standard InChI is InChI=1S/C19H19O2S2/c1-4-9-16(5-2)22(17-10-7-6-8-11-17)18-12-14-19(15-13-18)23(3,20)21/h4-15H,1-2H2,3H3/q+1/b16-9+. The Bertz CT molecular complexity index is 817. The summed E-state index contributed by atoms with van der Waals surface area (Å²) in [5.74, 6) is 0. The maximum atomic E-state index is 11.6. The van der Waals surface area contributed by atoms with Crippen molar-refractivity contribution in [3.8, 4) is 0 Å². The van der Waals surface area contributed by atoms with Crippen molar-refractivity contribution in [2.24, 2.45) is 0 Å². The van der Waals surface area contributed by atoms with E-state index in [1.54, 1.807) is 18.2 Å². The minimum Gasteiger partial charge on any atom is -0.224 e. The molecule has 1 unspecified atom stereocenters. The van der Waals surface area contributed by atoms with Gasteiger partial charge in [0.05, 0.1) is 15.8 Å². The summed E-state index contributed by atoms with van der Waals surface area (Å²) >= 11 is 0. The van der Waals surface area contributed by atoms with Crippen LogP contribution in [0.2, 0.25) is 0 Å². The van der Waals surface area contributed by atoms with E-state index in [1.165, 1.54) is 6.26 Å². The van der Waals surface area contributed by atoms with Crippen molar-refractivity contribution in [1.82, 2.24) is 0 Å². The quantitative estimate of drug-likeness (QED) is 0.576. The molecule has 4 heteroatoms. The van der Waals surface area contributed by atoms with Gasteiger partial charge in [0, 0.05) is 6.26 Å². The van der Waals surface area contributed by atoms with Gasteiger partial charge in [0.25, 0.3) is 0 Å². The topological polar surface area (TPSA) is 34.1 Å². The van der Waals surface area contributed by atoms with E-state index in [0.717, 1.165) is 14.7 Å². The summed E-state index contributed by atoms with van der Waals surface area (Å²) in [4.78, 5) is 3.55. The van der Waals surface area contributed by atoms with Gasteiger partial charge in [0.15, 0.2) is 24.5 Å². The summed E-state index contributed by atoms with van der Waals surface area (Å²) in [6.45, 7) is 7.67. The van der Waals surface area contributed by atoms with Crippen molar-refractivity contribution in [3.63, 3.8) is 0 Å². The number of benzene rings is 2. The molecular weight excluding hydrogens is 324 g/mol. The first kappa shape index (κ1) is 17.3. The molecule has 0 amide bonds. The fourth-order valence-electron chi connectivity index (χ4n) is 2.12. The van der Waals surface area contributed by atoms with E-state index in [4.69, 9.17) is 0 Å². The van der Waals surface area contributed by atoms with Gasteiger partial charge in [-0.2, -0.15) is 0 Å². The zero-order valence-corrected chi connectivity index (χ0v) is 14.6. The van der Waals surface area contributed by atoms with Crippen molar-refractivity contribution in [3.05, 3.63) is 90.9 Å². The third-order valence-electron chi connectivity index (χ3n) is 3.19. The summed E-state index contributed by atoms with van der Waals surface area (Å²) < 4.78 is 23.3. The lowest BCUT2D eigenvalue weighted by molar-refractivity contribution is 0.602. The van der Waals surface area contributed by atoms with Crippen molar-refractivity contribution >= 4 is 20.7 Å². The Balaban J connectivity index is 2.56. The number of sulfone groups is 1. The van der Waals surface area contributed by atoms with Crippen LogP contribution in [0.25, 0.3) is 0 Å². The van der Waals surface area contributed by atoms with Crippen LogP contribution in [0.1, 0.15) is 0 Å². The Kier molecular flexibility index (Phi) is 5.64. The van der Waals surface area contributed by atoms with E-state index >= 15 is 0 Å². The molecule has 2 aromatic rings. The molecule has 0 saturated heterocycles. The van der Waals surface area contributed by atoms with E-state index in [-0.39, 0.29) is 10.9 Å². The lowest BCUT2D eigenvalue weighted by atomic mass is 10.4. The molecule has 0 radical (unpaired) electrons. The average molecular weight is 343 g/mol. The molecule has 0 N–H and O–H groups in total. The molecule has 118 valence electrons. The van der Waals surface area contributed by atoms with Crippen LogP contribution in [0, 0.1) is 0 Å². The van der Waals surface area contributed by atoms with Crippen LogP contribution in [0.4, 0.5) is 0 Å². The number of hydrogen-bond acceptors (Lipinski definition) is 2. The monoisotopic (exact) mass is 343 g/mol. The van der Waals surface area contributed by atoms with E-state index < -0.39 is 9.84 Å². The van der Waals surface area contributed by atoms with Gasteiger partial charge < -0.3 is 0 Å². The molecule has 0 spiro atoms. The molecule has 0 aromatic heterocycles. The highest BCUT2D eigenvalue weighted by Crippen LogP contribution is 2.31. The molecule has 1 atom stereocenters. The van der Waals surface area contributed by atoms with Crippen LogP contribution in [0.3, 0.4) is 0 Å². The Morgan fingerprint density at radius 2 is 1.52 bits per heavy atom. The number of rotatable bonds is 6. The maximum Gasteiger partial charge on any atom is 0.175 e. The van der Waals surface area contributed by atoms with Crippen molar-refractivity contribution in [2.75, 3.05) is 6.26 Å². The van der Waals surface area contributed by atoms with E-state index in [1.807, 2.05) is 42.5 Å². The second kappa shape index (κ2) is 7.49. The third-order valence-corrected chi connectivity index (χ3v) is 6.58. The van der Waals surface area contributed by atoms with Gasteiger partial charge in [-0.25, -0.2) is 8.42 Å². The molecular formula is C19H19O2S2+. The number of hydrogen-bond donors (Lipinski definition) is 0. The SMILES string of the molecule is C=C/C=C(\C=C)[S+](c1ccccc1)c1ccc(S(C)(=O)=O)cc1. The van der Waals surface area contributed by atoms with Gasteiger partial charge in [-0.1, -0.05) is 37.4 Å². The highest BCUT2D eigenvalue weighted by atomic mass is 32.2. The zero-order valence-electron chi connectivity index (χ0n) is 13.0. The van der Waals surface area contributed by atoms with Crippen LogP contribution < -0.4 is 0 Å². The van der Waals surface area contributed by atoms with Crippen molar-refractivity contribution in [2.45, 2.75) is 14.7 Å². The summed E-state index contributed by atoms with van der Waals surface area (Å²) in [6, 6.07) is 17.1. The van der Waals surface area contributed by atoms with Gasteiger partial charge in [-0.15, -0.1) is 0 Å². The predicted octanol–water partition coefficient (Wildman–Crippen LogP) is 4.38. The molecule has 0 aliphatic carbocycles. The molecule has 2 nitrogen and oxygen atoms in total. The second-order valence-electron chi connectivity index (χ2n) is 4.87. The molecule has 23 heavy (non-hydrogen) atoms. The van der Waals surface area contributed by atoms with Crippen LogP contribution in [-0.4, -0.2) is 14.7 Å². The van der Waals surface area contributed by atoms with Crippen LogP contribution in [0.5, 0.6) is 0 Å². The average Bonchev–Trinajstić information content (AvgIpc) is 2.55. The molecule has 0 aliphatic rings. The minimum absolute atomic E-state index is 0.325. The van der Waals surface area contributed by atoms with E-state index in [9.17, 15) is 8.42 Å². The zero-order chi connectivity index (χ0) is 16.9. The lowest BCUT2D eigenvalue weighted by Crippen LogP contribution is -2.06. The first-order valence-corrected chi connectivity index (χ1v) is 10.1. The van der Waals surface area contributed by atoms with Gasteiger partial charge in [-0.05, 0) is 48.6 Å². The van der Waals surface area contributed by atoms with Crippen molar-refractivity contribution < 1.29 is 8.42 Å². The summed E-state index contributed by atoms with van der Waals surface area (Å²) in [6.07, 6.45) is 6.71. The Hall–Kier alpha value is -2.04.